The van der Waals surface area contributed by atoms with Gasteiger partial charge in [0.2, 0.25) is 0 Å². The Morgan fingerprint density at radius 3 is 2.30 bits per heavy atom. The fourth-order valence-corrected chi connectivity index (χ4v) is 6.48. The monoisotopic (exact) mass is 610 g/mol. The van der Waals surface area contributed by atoms with E-state index in [9.17, 15) is 8.42 Å². The summed E-state index contributed by atoms with van der Waals surface area (Å²) in [5, 5.41) is 1.09. The van der Waals surface area contributed by atoms with Gasteiger partial charge in [-0.05, 0) is 66.4 Å². The lowest BCUT2D eigenvalue weighted by molar-refractivity contribution is 0.264. The van der Waals surface area contributed by atoms with Gasteiger partial charge in [-0.3, -0.25) is 0 Å². The van der Waals surface area contributed by atoms with E-state index >= 15 is 0 Å². The van der Waals surface area contributed by atoms with Crippen molar-refractivity contribution in [3.05, 3.63) is 80.7 Å². The highest BCUT2D eigenvalue weighted by Crippen LogP contribution is 2.45. The molecular weight excluding hydrogens is 592 g/mol. The summed E-state index contributed by atoms with van der Waals surface area (Å²) >= 11 is 13.3. The van der Waals surface area contributed by atoms with Crippen molar-refractivity contribution in [1.29, 1.82) is 0 Å². The zero-order valence-corrected chi connectivity index (χ0v) is 22.7. The third kappa shape index (κ3) is 4.86. The first-order chi connectivity index (χ1) is 15.7. The van der Waals surface area contributed by atoms with Crippen LogP contribution in [0.2, 0.25) is 5.02 Å². The van der Waals surface area contributed by atoms with E-state index in [-0.39, 0.29) is 4.90 Å². The molecule has 1 aromatic heterocycles. The largest absolute Gasteiger partial charge is 0.489 e. The molecule has 0 spiro atoms. The average Bonchev–Trinajstić information content (AvgIpc) is 3.10. The second-order valence-electron chi connectivity index (χ2n) is 7.70. The second-order valence-corrected chi connectivity index (χ2v) is 11.7. The van der Waals surface area contributed by atoms with Crippen LogP contribution in [-0.2, 0) is 10.0 Å². The van der Waals surface area contributed by atoms with Gasteiger partial charge in [0.15, 0.2) is 5.75 Å². The third-order valence-corrected chi connectivity index (χ3v) is 8.14. The lowest BCUT2D eigenvalue weighted by atomic mass is 10.1. The minimum Gasteiger partial charge on any atom is -0.489 e. The van der Waals surface area contributed by atoms with Crippen LogP contribution >= 0.6 is 43.5 Å². The van der Waals surface area contributed by atoms with Crippen molar-refractivity contribution in [2.45, 2.75) is 4.90 Å². The molecule has 33 heavy (non-hydrogen) atoms. The highest BCUT2D eigenvalue weighted by Gasteiger charge is 2.30. The van der Waals surface area contributed by atoms with Crippen LogP contribution in [0.3, 0.4) is 0 Å². The quantitative estimate of drug-likeness (QED) is 0.234. The van der Waals surface area contributed by atoms with Crippen LogP contribution in [0.25, 0.3) is 22.2 Å². The molecular formula is C24H21Br2ClN2O3S. The normalized spacial score (nSPS) is 11.9. The van der Waals surface area contributed by atoms with Crippen molar-refractivity contribution >= 4 is 64.4 Å². The number of aromatic nitrogens is 1. The van der Waals surface area contributed by atoms with Gasteiger partial charge in [0.25, 0.3) is 10.0 Å². The van der Waals surface area contributed by atoms with Crippen molar-refractivity contribution in [3.8, 4) is 17.0 Å². The van der Waals surface area contributed by atoms with Gasteiger partial charge in [0, 0.05) is 31.5 Å². The molecule has 0 aliphatic carbocycles. The van der Waals surface area contributed by atoms with Crippen LogP contribution in [0.1, 0.15) is 0 Å². The van der Waals surface area contributed by atoms with E-state index in [1.807, 2.05) is 49.3 Å². The molecule has 5 nitrogen and oxygen atoms in total. The van der Waals surface area contributed by atoms with Crippen molar-refractivity contribution in [2.24, 2.45) is 0 Å². The maximum atomic E-state index is 14.0. The lowest BCUT2D eigenvalue weighted by Crippen LogP contribution is -2.19. The second kappa shape index (κ2) is 9.80. The summed E-state index contributed by atoms with van der Waals surface area (Å²) in [5.41, 5.74) is 1.65. The van der Waals surface area contributed by atoms with Crippen LogP contribution in [0.4, 0.5) is 0 Å². The Bertz CT molecular complexity index is 1400. The van der Waals surface area contributed by atoms with Gasteiger partial charge < -0.3 is 9.64 Å². The predicted molar refractivity (Wildman–Crippen MR) is 141 cm³/mol. The topological polar surface area (TPSA) is 51.5 Å². The number of ether oxygens (including phenoxy) is 1. The van der Waals surface area contributed by atoms with Crippen LogP contribution in [0, 0.1) is 0 Å². The number of hydrogen-bond acceptors (Lipinski definition) is 4. The molecule has 0 saturated heterocycles. The summed E-state index contributed by atoms with van der Waals surface area (Å²) in [5.74, 6) is 0.474. The summed E-state index contributed by atoms with van der Waals surface area (Å²) in [4.78, 5) is 2.17. The maximum Gasteiger partial charge on any atom is 0.268 e. The molecule has 0 fully saturated rings. The predicted octanol–water partition coefficient (Wildman–Crippen LogP) is 6.66. The minimum absolute atomic E-state index is 0.168. The van der Waals surface area contributed by atoms with Crippen LogP contribution in [0.15, 0.2) is 80.6 Å². The molecule has 0 saturated carbocycles. The molecule has 0 aliphatic rings. The van der Waals surface area contributed by atoms with E-state index < -0.39 is 10.0 Å². The molecule has 0 unspecified atom stereocenters. The first kappa shape index (κ1) is 24.3. The Balaban J connectivity index is 2.09. The van der Waals surface area contributed by atoms with Gasteiger partial charge in [-0.2, -0.15) is 0 Å². The fraction of sp³-hybridized carbons (Fsp3) is 0.167. The molecule has 1 heterocycles. The number of likely N-dealkylation sites (N-methyl/N-ethyl adjacent to an activating group) is 1. The van der Waals surface area contributed by atoms with Gasteiger partial charge in [-0.25, -0.2) is 12.4 Å². The highest BCUT2D eigenvalue weighted by molar-refractivity contribution is 9.11. The van der Waals surface area contributed by atoms with Crippen molar-refractivity contribution < 1.29 is 13.2 Å². The van der Waals surface area contributed by atoms with Crippen molar-refractivity contribution in [3.63, 3.8) is 0 Å². The van der Waals surface area contributed by atoms with E-state index in [1.54, 1.807) is 36.4 Å². The molecule has 0 bridgehead atoms. The van der Waals surface area contributed by atoms with Crippen LogP contribution < -0.4 is 4.74 Å². The summed E-state index contributed by atoms with van der Waals surface area (Å²) in [6.45, 7) is 1.05. The Hall–Kier alpha value is -1.84. The van der Waals surface area contributed by atoms with E-state index in [1.165, 1.54) is 3.97 Å². The summed E-state index contributed by atoms with van der Waals surface area (Å²) in [6.07, 6.45) is 0. The molecule has 0 amide bonds. The Morgan fingerprint density at radius 2 is 1.67 bits per heavy atom. The highest BCUT2D eigenvalue weighted by atomic mass is 79.9. The number of fused-ring (bicyclic) bond motifs is 1. The molecule has 0 radical (unpaired) electrons. The Morgan fingerprint density at radius 1 is 1.00 bits per heavy atom. The van der Waals surface area contributed by atoms with Gasteiger partial charge in [-0.1, -0.05) is 57.9 Å². The molecule has 4 aromatic rings. The molecule has 9 heteroatoms. The Labute approximate surface area is 215 Å². The first-order valence-corrected chi connectivity index (χ1v) is 13.5. The van der Waals surface area contributed by atoms with Gasteiger partial charge in [0.1, 0.15) is 12.3 Å². The van der Waals surface area contributed by atoms with E-state index in [2.05, 4.69) is 31.9 Å². The molecule has 172 valence electrons. The van der Waals surface area contributed by atoms with E-state index in [0.717, 1.165) is 10.0 Å². The third-order valence-electron chi connectivity index (χ3n) is 5.08. The number of halogens is 3. The van der Waals surface area contributed by atoms with Gasteiger partial charge in [0.05, 0.1) is 10.4 Å². The standard InChI is InChI=1S/C24H21Br2ClN2O3S/c1-28(2)12-13-32-24-20-14-18(27)15-21(26)23(20)29(22(24)16-6-4-3-5-7-16)33(30,31)19-10-8-17(25)9-11-19/h3-11,14-15H,12-13H2,1-2H3. The van der Waals surface area contributed by atoms with Gasteiger partial charge in [-0.15, -0.1) is 0 Å². The van der Waals surface area contributed by atoms with Gasteiger partial charge >= 0.3 is 0 Å². The van der Waals surface area contributed by atoms with Crippen LogP contribution in [-0.4, -0.2) is 44.5 Å². The zero-order valence-electron chi connectivity index (χ0n) is 17.9. The molecule has 0 N–H and O–H groups in total. The first-order valence-electron chi connectivity index (χ1n) is 10.1. The number of hydrogen-bond donors (Lipinski definition) is 0. The van der Waals surface area contributed by atoms with Crippen molar-refractivity contribution in [1.82, 2.24) is 8.87 Å². The zero-order chi connectivity index (χ0) is 23.8. The molecule has 0 aliphatic heterocycles. The minimum atomic E-state index is -3.98. The fourth-order valence-electron chi connectivity index (χ4n) is 3.55. The number of rotatable bonds is 7. The molecule has 0 atom stereocenters. The summed E-state index contributed by atoms with van der Waals surface area (Å²) in [7, 11) is -0.0756. The van der Waals surface area contributed by atoms with E-state index in [4.69, 9.17) is 16.3 Å². The van der Waals surface area contributed by atoms with Crippen LogP contribution in [0.5, 0.6) is 5.75 Å². The lowest BCUT2D eigenvalue weighted by Gasteiger charge is -2.15. The summed E-state index contributed by atoms with van der Waals surface area (Å²) in [6, 6.07) is 19.4. The SMILES string of the molecule is CN(C)CCOc1c(-c2ccccc2)n(S(=O)(=O)c2ccc(Br)cc2)c2c(Br)cc(Cl)cc12. The molecule has 4 rings (SSSR count). The maximum absolute atomic E-state index is 14.0. The molecule has 3 aromatic carbocycles. The number of benzene rings is 3. The van der Waals surface area contributed by atoms with Crippen molar-refractivity contribution in [2.75, 3.05) is 27.2 Å². The number of nitrogens with zero attached hydrogens (tertiary/aromatic N) is 2. The average molecular weight is 613 g/mol. The van der Waals surface area contributed by atoms with E-state index in [0.29, 0.717) is 45.0 Å². The smallest absolute Gasteiger partial charge is 0.268 e. The summed E-state index contributed by atoms with van der Waals surface area (Å²) < 4.78 is 37.0. The Kier molecular flexibility index (Phi) is 7.21.